The van der Waals surface area contributed by atoms with E-state index in [9.17, 15) is 4.79 Å². The monoisotopic (exact) mass is 405 g/mol. The summed E-state index contributed by atoms with van der Waals surface area (Å²) >= 11 is 1.45. The number of benzene rings is 1. The summed E-state index contributed by atoms with van der Waals surface area (Å²) in [4.78, 5) is 32.0. The molecule has 1 aliphatic heterocycles. The molecule has 1 saturated heterocycles. The van der Waals surface area contributed by atoms with Crippen molar-refractivity contribution in [3.63, 3.8) is 0 Å². The van der Waals surface area contributed by atoms with Crippen LogP contribution in [0.1, 0.15) is 9.67 Å². The maximum absolute atomic E-state index is 13.0. The summed E-state index contributed by atoms with van der Waals surface area (Å²) in [6.07, 6.45) is 3.48. The highest BCUT2D eigenvalue weighted by Gasteiger charge is 2.24. The lowest BCUT2D eigenvalue weighted by atomic mass is 10.2. The number of anilines is 1. The molecule has 0 aliphatic carbocycles. The first-order valence-electron chi connectivity index (χ1n) is 9.41. The Bertz CT molecular complexity index is 1190. The van der Waals surface area contributed by atoms with Crippen molar-refractivity contribution in [1.29, 1.82) is 0 Å². The number of ether oxygens (including phenoxy) is 1. The van der Waals surface area contributed by atoms with E-state index in [1.54, 1.807) is 25.6 Å². The minimum atomic E-state index is 0.0586. The van der Waals surface area contributed by atoms with Crippen molar-refractivity contribution in [1.82, 2.24) is 19.9 Å². The molecule has 5 rings (SSSR count). The molecule has 0 saturated carbocycles. The highest BCUT2D eigenvalue weighted by atomic mass is 32.1. The van der Waals surface area contributed by atoms with Gasteiger partial charge in [-0.25, -0.2) is 15.0 Å². The lowest BCUT2D eigenvalue weighted by Crippen LogP contribution is -2.49. The number of nitrogens with zero attached hydrogens (tertiary/aromatic N) is 5. The van der Waals surface area contributed by atoms with Gasteiger partial charge in [0, 0.05) is 49.3 Å². The van der Waals surface area contributed by atoms with Crippen LogP contribution in [-0.2, 0) is 0 Å². The summed E-state index contributed by atoms with van der Waals surface area (Å²) in [5.41, 5.74) is 0.899. The topological polar surface area (TPSA) is 71.5 Å². The number of methoxy groups -OCH3 is 1. The van der Waals surface area contributed by atoms with Gasteiger partial charge in [0.05, 0.1) is 17.5 Å². The van der Waals surface area contributed by atoms with Crippen molar-refractivity contribution in [2.24, 2.45) is 0 Å². The molecule has 0 atom stereocenters. The van der Waals surface area contributed by atoms with Crippen molar-refractivity contribution in [2.45, 2.75) is 0 Å². The van der Waals surface area contributed by atoms with Crippen LogP contribution in [-0.4, -0.2) is 59.0 Å². The molecule has 1 aliphatic rings. The van der Waals surface area contributed by atoms with Crippen LogP contribution in [0.15, 0.2) is 48.8 Å². The maximum Gasteiger partial charge on any atom is 0.264 e. The first-order valence-corrected chi connectivity index (χ1v) is 10.2. The first kappa shape index (κ1) is 17.8. The number of fused-ring (bicyclic) bond motifs is 2. The standard InChI is InChI=1S/C21H19N5O2S/c1-28-16-3-4-17-14(12-16)11-15-13-18(29-19(15)24-17)20(27)25-7-9-26(10-8-25)21-22-5-2-6-23-21/h2-6,11-13H,7-10H2,1H3. The van der Waals surface area contributed by atoms with E-state index >= 15 is 0 Å². The smallest absolute Gasteiger partial charge is 0.264 e. The van der Waals surface area contributed by atoms with E-state index in [1.807, 2.05) is 29.2 Å². The fraction of sp³-hybridized carbons (Fsp3) is 0.238. The van der Waals surface area contributed by atoms with Crippen molar-refractivity contribution >= 4 is 44.3 Å². The van der Waals surface area contributed by atoms with Gasteiger partial charge in [-0.1, -0.05) is 0 Å². The Morgan fingerprint density at radius 1 is 1.03 bits per heavy atom. The third-order valence-corrected chi connectivity index (χ3v) is 6.15. The number of hydrogen-bond donors (Lipinski definition) is 0. The molecule has 0 spiro atoms. The van der Waals surface area contributed by atoms with Crippen LogP contribution in [0.5, 0.6) is 5.75 Å². The van der Waals surface area contributed by atoms with Gasteiger partial charge in [-0.05, 0) is 36.4 Å². The third-order valence-electron chi connectivity index (χ3n) is 5.12. The molecule has 1 amide bonds. The molecule has 1 aromatic carbocycles. The Hall–Kier alpha value is -3.26. The number of aromatic nitrogens is 3. The summed E-state index contributed by atoms with van der Waals surface area (Å²) in [5, 5.41) is 1.99. The number of piperazine rings is 1. The van der Waals surface area contributed by atoms with Gasteiger partial charge < -0.3 is 14.5 Å². The lowest BCUT2D eigenvalue weighted by Gasteiger charge is -2.34. The highest BCUT2D eigenvalue weighted by Crippen LogP contribution is 2.30. The van der Waals surface area contributed by atoms with Gasteiger partial charge in [0.2, 0.25) is 5.95 Å². The van der Waals surface area contributed by atoms with Crippen molar-refractivity contribution < 1.29 is 9.53 Å². The molecular weight excluding hydrogens is 386 g/mol. The molecule has 0 bridgehead atoms. The van der Waals surface area contributed by atoms with E-state index in [1.165, 1.54) is 11.3 Å². The molecule has 1 fully saturated rings. The molecule has 29 heavy (non-hydrogen) atoms. The minimum Gasteiger partial charge on any atom is -0.497 e. The van der Waals surface area contributed by atoms with E-state index < -0.39 is 0 Å². The number of carbonyl (C=O) groups is 1. The van der Waals surface area contributed by atoms with Gasteiger partial charge in [-0.2, -0.15) is 0 Å². The molecular formula is C21H19N5O2S. The zero-order chi connectivity index (χ0) is 19.8. The van der Waals surface area contributed by atoms with Gasteiger partial charge in [0.25, 0.3) is 5.91 Å². The molecule has 8 heteroatoms. The van der Waals surface area contributed by atoms with Gasteiger partial charge in [-0.3, -0.25) is 4.79 Å². The number of amides is 1. The SMILES string of the molecule is COc1ccc2nc3sc(C(=O)N4CCN(c5ncccn5)CC4)cc3cc2c1. The van der Waals surface area contributed by atoms with E-state index in [-0.39, 0.29) is 5.91 Å². The quantitative estimate of drug-likeness (QED) is 0.521. The van der Waals surface area contributed by atoms with Crippen LogP contribution in [0.3, 0.4) is 0 Å². The molecule has 7 nitrogen and oxygen atoms in total. The molecule has 3 aromatic heterocycles. The zero-order valence-electron chi connectivity index (χ0n) is 15.9. The van der Waals surface area contributed by atoms with Crippen LogP contribution < -0.4 is 9.64 Å². The van der Waals surface area contributed by atoms with Crippen molar-refractivity contribution in [2.75, 3.05) is 38.2 Å². The van der Waals surface area contributed by atoms with Gasteiger partial charge in [0.15, 0.2) is 0 Å². The van der Waals surface area contributed by atoms with Crippen molar-refractivity contribution in [3.05, 3.63) is 53.7 Å². The summed E-state index contributed by atoms with van der Waals surface area (Å²) in [6, 6.07) is 11.6. The number of rotatable bonds is 3. The largest absolute Gasteiger partial charge is 0.497 e. The molecule has 0 N–H and O–H groups in total. The Morgan fingerprint density at radius 3 is 2.59 bits per heavy atom. The molecule has 4 heterocycles. The van der Waals surface area contributed by atoms with E-state index in [4.69, 9.17) is 9.72 Å². The Balaban J connectivity index is 1.36. The first-order chi connectivity index (χ1) is 14.2. The maximum atomic E-state index is 13.0. The second-order valence-electron chi connectivity index (χ2n) is 6.88. The van der Waals surface area contributed by atoms with E-state index in [0.717, 1.165) is 44.8 Å². The predicted octanol–water partition coefficient (Wildman–Crippen LogP) is 3.21. The van der Waals surface area contributed by atoms with Gasteiger partial charge in [0.1, 0.15) is 10.6 Å². The second kappa shape index (κ2) is 7.29. The average molecular weight is 405 g/mol. The summed E-state index contributed by atoms with van der Waals surface area (Å²) in [6.45, 7) is 2.75. The number of pyridine rings is 1. The number of thiophene rings is 1. The van der Waals surface area contributed by atoms with Gasteiger partial charge in [-0.15, -0.1) is 11.3 Å². The summed E-state index contributed by atoms with van der Waals surface area (Å²) in [5.74, 6) is 1.57. The Labute approximate surface area is 171 Å². The normalized spacial score (nSPS) is 14.5. The fourth-order valence-electron chi connectivity index (χ4n) is 3.57. The number of hydrogen-bond acceptors (Lipinski definition) is 7. The van der Waals surface area contributed by atoms with Crippen LogP contribution in [0, 0.1) is 0 Å². The van der Waals surface area contributed by atoms with Crippen LogP contribution >= 0.6 is 11.3 Å². The Morgan fingerprint density at radius 2 is 1.83 bits per heavy atom. The van der Waals surface area contributed by atoms with Crippen LogP contribution in [0.2, 0.25) is 0 Å². The van der Waals surface area contributed by atoms with Crippen LogP contribution in [0.4, 0.5) is 5.95 Å². The summed E-state index contributed by atoms with van der Waals surface area (Å²) < 4.78 is 5.30. The molecule has 0 unspecified atom stereocenters. The molecule has 0 radical (unpaired) electrons. The Kier molecular flexibility index (Phi) is 4.48. The lowest BCUT2D eigenvalue weighted by molar-refractivity contribution is 0.0751. The zero-order valence-corrected chi connectivity index (χ0v) is 16.7. The predicted molar refractivity (Wildman–Crippen MR) is 114 cm³/mol. The minimum absolute atomic E-state index is 0.0586. The molecule has 4 aromatic rings. The highest BCUT2D eigenvalue weighted by molar-refractivity contribution is 7.20. The van der Waals surface area contributed by atoms with Gasteiger partial charge >= 0.3 is 0 Å². The molecule has 146 valence electrons. The third kappa shape index (κ3) is 3.36. The van der Waals surface area contributed by atoms with Crippen molar-refractivity contribution in [3.8, 4) is 5.75 Å². The fourth-order valence-corrected chi connectivity index (χ4v) is 4.56. The summed E-state index contributed by atoms with van der Waals surface area (Å²) in [7, 11) is 1.65. The average Bonchev–Trinajstić information content (AvgIpc) is 3.20. The van der Waals surface area contributed by atoms with E-state index in [0.29, 0.717) is 19.0 Å². The number of carbonyl (C=O) groups excluding carboxylic acids is 1. The van der Waals surface area contributed by atoms with Crippen LogP contribution in [0.25, 0.3) is 21.1 Å². The van der Waals surface area contributed by atoms with E-state index in [2.05, 4.69) is 20.9 Å². The second-order valence-corrected chi connectivity index (χ2v) is 7.91.